The number of aryl methyl sites for hydroxylation is 1. The number of halogens is 2. The molecule has 2 aromatic heterocycles. The largest absolute Gasteiger partial charge is 0.356 e. The van der Waals surface area contributed by atoms with Gasteiger partial charge in [-0.1, -0.05) is 17.7 Å². The fourth-order valence-electron chi connectivity index (χ4n) is 3.58. The van der Waals surface area contributed by atoms with Crippen molar-refractivity contribution in [3.05, 3.63) is 57.6 Å². The first-order valence-electron chi connectivity index (χ1n) is 10.1. The monoisotopic (exact) mass is 544 g/mol. The highest BCUT2D eigenvalue weighted by Crippen LogP contribution is 2.25. The van der Waals surface area contributed by atoms with Crippen molar-refractivity contribution >= 4 is 47.4 Å². The Balaban J connectivity index is 0.00000320. The van der Waals surface area contributed by atoms with Gasteiger partial charge in [-0.2, -0.15) is 0 Å². The molecule has 0 aliphatic carbocycles. The summed E-state index contributed by atoms with van der Waals surface area (Å²) in [7, 11) is 1.78. The Morgan fingerprint density at radius 1 is 1.30 bits per heavy atom. The van der Waals surface area contributed by atoms with Gasteiger partial charge in [0.1, 0.15) is 5.82 Å². The minimum atomic E-state index is 0. The van der Waals surface area contributed by atoms with Gasteiger partial charge in [-0.15, -0.1) is 24.0 Å². The molecule has 1 aliphatic rings. The van der Waals surface area contributed by atoms with Crippen molar-refractivity contribution in [3.63, 3.8) is 0 Å². The highest BCUT2D eigenvalue weighted by Gasteiger charge is 2.25. The van der Waals surface area contributed by atoms with E-state index in [1.165, 1.54) is 0 Å². The Morgan fingerprint density at radius 3 is 2.87 bits per heavy atom. The van der Waals surface area contributed by atoms with Crippen molar-refractivity contribution in [2.24, 2.45) is 4.99 Å². The molecule has 1 unspecified atom stereocenters. The van der Waals surface area contributed by atoms with Crippen LogP contribution in [0.4, 0.5) is 5.82 Å². The van der Waals surface area contributed by atoms with Crippen LogP contribution in [0, 0.1) is 6.92 Å². The number of hydrogen-bond acceptors (Lipinski definition) is 4. The minimum Gasteiger partial charge on any atom is -0.356 e. The molecule has 1 fully saturated rings. The highest BCUT2D eigenvalue weighted by atomic mass is 127. The van der Waals surface area contributed by atoms with Crippen molar-refractivity contribution in [2.75, 3.05) is 31.6 Å². The lowest BCUT2D eigenvalue weighted by molar-refractivity contribution is 0.571. The van der Waals surface area contributed by atoms with Crippen molar-refractivity contribution in [2.45, 2.75) is 38.8 Å². The van der Waals surface area contributed by atoms with Crippen LogP contribution in [0.1, 0.15) is 25.0 Å². The number of nitrogens with zero attached hydrogens (tertiary/aromatic N) is 4. The number of anilines is 1. The van der Waals surface area contributed by atoms with Crippen LogP contribution in [0.3, 0.4) is 0 Å². The summed E-state index contributed by atoms with van der Waals surface area (Å²) in [5.74, 6) is 1.64. The zero-order valence-electron chi connectivity index (χ0n) is 17.5. The second-order valence-corrected chi connectivity index (χ2v) is 7.66. The van der Waals surface area contributed by atoms with Gasteiger partial charge in [0.15, 0.2) is 5.96 Å². The van der Waals surface area contributed by atoms with Gasteiger partial charge in [-0.3, -0.25) is 9.79 Å². The van der Waals surface area contributed by atoms with E-state index in [0.717, 1.165) is 62.9 Å². The van der Waals surface area contributed by atoms with Gasteiger partial charge < -0.3 is 20.1 Å². The lowest BCUT2D eigenvalue weighted by atomic mass is 10.2. The SMILES string of the molecule is CN=C(NCCCCn1c(C)cccc1=O)NC1CCN(c2ncccc2Cl)C1.I. The summed E-state index contributed by atoms with van der Waals surface area (Å²) in [4.78, 5) is 22.8. The quantitative estimate of drug-likeness (QED) is 0.243. The molecule has 9 heteroatoms. The van der Waals surface area contributed by atoms with Crippen LogP contribution in [0.15, 0.2) is 46.3 Å². The smallest absolute Gasteiger partial charge is 0.250 e. The molecule has 0 radical (unpaired) electrons. The summed E-state index contributed by atoms with van der Waals surface area (Å²) in [6.07, 6.45) is 4.67. The van der Waals surface area contributed by atoms with E-state index in [4.69, 9.17) is 11.6 Å². The van der Waals surface area contributed by atoms with Crippen molar-refractivity contribution in [1.82, 2.24) is 20.2 Å². The Hall–Kier alpha value is -1.81. The van der Waals surface area contributed by atoms with E-state index in [-0.39, 0.29) is 29.5 Å². The lowest BCUT2D eigenvalue weighted by Gasteiger charge is -2.20. The molecule has 1 atom stereocenters. The molecule has 7 nitrogen and oxygen atoms in total. The maximum Gasteiger partial charge on any atom is 0.250 e. The van der Waals surface area contributed by atoms with Crippen LogP contribution >= 0.6 is 35.6 Å². The maximum atomic E-state index is 11.9. The third-order valence-electron chi connectivity index (χ3n) is 5.16. The molecule has 3 heterocycles. The van der Waals surface area contributed by atoms with E-state index in [9.17, 15) is 4.79 Å². The zero-order valence-corrected chi connectivity index (χ0v) is 20.6. The maximum absolute atomic E-state index is 11.9. The zero-order chi connectivity index (χ0) is 20.6. The molecule has 1 saturated heterocycles. The number of hydrogen-bond donors (Lipinski definition) is 2. The van der Waals surface area contributed by atoms with Gasteiger partial charge in [0.05, 0.1) is 5.02 Å². The molecule has 2 aromatic rings. The fraction of sp³-hybridized carbons (Fsp3) is 0.476. The average molecular weight is 545 g/mol. The van der Waals surface area contributed by atoms with Gasteiger partial charge in [0.2, 0.25) is 0 Å². The van der Waals surface area contributed by atoms with Gasteiger partial charge in [-0.05, 0) is 44.4 Å². The number of aromatic nitrogens is 2. The van der Waals surface area contributed by atoms with Crippen LogP contribution in [0.5, 0.6) is 0 Å². The third kappa shape index (κ3) is 6.60. The molecule has 0 bridgehead atoms. The lowest BCUT2D eigenvalue weighted by Crippen LogP contribution is -2.45. The number of pyridine rings is 2. The summed E-state index contributed by atoms with van der Waals surface area (Å²) in [5, 5.41) is 7.54. The molecular weight excluding hydrogens is 515 g/mol. The first kappa shape index (κ1) is 24.5. The molecule has 0 spiro atoms. The topological polar surface area (TPSA) is 74.6 Å². The van der Waals surface area contributed by atoms with Crippen LogP contribution in [0.2, 0.25) is 5.02 Å². The van der Waals surface area contributed by atoms with E-state index in [1.54, 1.807) is 25.4 Å². The second kappa shape index (κ2) is 12.1. The predicted molar refractivity (Wildman–Crippen MR) is 134 cm³/mol. The van der Waals surface area contributed by atoms with E-state index in [2.05, 4.69) is 25.5 Å². The molecule has 2 N–H and O–H groups in total. The highest BCUT2D eigenvalue weighted by molar-refractivity contribution is 14.0. The summed E-state index contributed by atoms with van der Waals surface area (Å²) in [6.45, 7) is 5.27. The first-order chi connectivity index (χ1) is 14.1. The number of rotatable bonds is 7. The molecule has 1 aliphatic heterocycles. The molecule has 0 saturated carbocycles. The van der Waals surface area contributed by atoms with Gasteiger partial charge in [-0.25, -0.2) is 4.98 Å². The summed E-state index contributed by atoms with van der Waals surface area (Å²) in [6, 6.07) is 9.39. The van der Waals surface area contributed by atoms with E-state index in [1.807, 2.05) is 29.7 Å². The van der Waals surface area contributed by atoms with Crippen LogP contribution in [0.25, 0.3) is 0 Å². The molecule has 164 valence electrons. The minimum absolute atomic E-state index is 0. The van der Waals surface area contributed by atoms with Gasteiger partial charge in [0.25, 0.3) is 5.56 Å². The standard InChI is InChI=1S/C21H29ClN6O.HI/c1-16-7-5-9-19(29)28(16)13-4-3-11-25-21(23-2)26-17-10-14-27(15-17)20-18(22)8-6-12-24-20;/h5-9,12,17H,3-4,10-11,13-15H2,1-2H3,(H2,23,25,26);1H. The molecule has 0 aromatic carbocycles. The first-order valence-corrected chi connectivity index (χ1v) is 10.5. The van der Waals surface area contributed by atoms with Crippen molar-refractivity contribution in [3.8, 4) is 0 Å². The third-order valence-corrected chi connectivity index (χ3v) is 5.46. The summed E-state index contributed by atoms with van der Waals surface area (Å²) >= 11 is 6.27. The Labute approximate surface area is 200 Å². The number of nitrogens with one attached hydrogen (secondary N) is 2. The Kier molecular flexibility index (Phi) is 9.90. The van der Waals surface area contributed by atoms with Crippen LogP contribution < -0.4 is 21.1 Å². The molecule has 3 rings (SSSR count). The summed E-state index contributed by atoms with van der Waals surface area (Å²) < 4.78 is 1.82. The molecule has 0 amide bonds. The van der Waals surface area contributed by atoms with Gasteiger partial charge >= 0.3 is 0 Å². The van der Waals surface area contributed by atoms with E-state index in [0.29, 0.717) is 11.1 Å². The predicted octanol–water partition coefficient (Wildman–Crippen LogP) is 3.05. The molecular formula is C21H30ClIN6O. The second-order valence-electron chi connectivity index (χ2n) is 7.25. The number of aliphatic imine (C=N–C) groups is 1. The average Bonchev–Trinajstić information content (AvgIpc) is 3.17. The van der Waals surface area contributed by atoms with Crippen LogP contribution in [-0.4, -0.2) is 48.2 Å². The van der Waals surface area contributed by atoms with Crippen molar-refractivity contribution < 1.29 is 0 Å². The normalized spacial score (nSPS) is 16.3. The van der Waals surface area contributed by atoms with E-state index >= 15 is 0 Å². The van der Waals surface area contributed by atoms with Crippen LogP contribution in [-0.2, 0) is 6.54 Å². The molecule has 30 heavy (non-hydrogen) atoms. The Morgan fingerprint density at radius 2 is 2.13 bits per heavy atom. The Bertz CT molecular complexity index is 903. The van der Waals surface area contributed by atoms with Gasteiger partial charge in [0, 0.05) is 57.2 Å². The summed E-state index contributed by atoms with van der Waals surface area (Å²) in [5.41, 5.74) is 1.07. The number of unbranched alkanes of at least 4 members (excludes halogenated alkanes) is 1. The van der Waals surface area contributed by atoms with Crippen molar-refractivity contribution in [1.29, 1.82) is 0 Å². The fourth-order valence-corrected chi connectivity index (χ4v) is 3.82. The van der Waals surface area contributed by atoms with E-state index < -0.39 is 0 Å². The number of guanidine groups is 1.